The van der Waals surface area contributed by atoms with Crippen LogP contribution in [0.2, 0.25) is 0 Å². The fourth-order valence-corrected chi connectivity index (χ4v) is 3.84. The van der Waals surface area contributed by atoms with Gasteiger partial charge in [-0.25, -0.2) is 4.39 Å². The lowest BCUT2D eigenvalue weighted by Gasteiger charge is -2.31. The third-order valence-electron chi connectivity index (χ3n) is 3.49. The van der Waals surface area contributed by atoms with Gasteiger partial charge in [-0.2, -0.15) is 0 Å². The van der Waals surface area contributed by atoms with Gasteiger partial charge < -0.3 is 0 Å². The van der Waals surface area contributed by atoms with Crippen LogP contribution >= 0.6 is 55.1 Å². The lowest BCUT2D eigenvalue weighted by atomic mass is 9.78. The second-order valence-electron chi connectivity index (χ2n) is 4.97. The standard InChI is InChI=1S/C16H13Br2Cl2F/c17-13-3-1-2-12(7-13)16(9-19,10-20)8-11-6-14(18)4-5-15(11)21/h1-7H,8-10H2. The molecule has 0 atom stereocenters. The van der Waals surface area contributed by atoms with Crippen molar-refractivity contribution in [1.29, 1.82) is 0 Å². The minimum atomic E-state index is -0.505. The SMILES string of the molecule is Fc1ccc(Br)cc1CC(CCl)(CCl)c1cccc(Br)c1. The van der Waals surface area contributed by atoms with Gasteiger partial charge in [0, 0.05) is 26.1 Å². The molecule has 0 unspecified atom stereocenters. The summed E-state index contributed by atoms with van der Waals surface area (Å²) in [5, 5.41) is 0. The number of hydrogen-bond acceptors (Lipinski definition) is 0. The van der Waals surface area contributed by atoms with Crippen molar-refractivity contribution >= 4 is 55.1 Å². The number of alkyl halides is 2. The maximum atomic E-state index is 14.1. The first-order valence-electron chi connectivity index (χ1n) is 6.33. The third-order valence-corrected chi connectivity index (χ3v) is 5.49. The summed E-state index contributed by atoms with van der Waals surface area (Å²) in [6, 6.07) is 12.8. The molecule has 21 heavy (non-hydrogen) atoms. The van der Waals surface area contributed by atoms with Gasteiger partial charge >= 0.3 is 0 Å². The average molecular weight is 455 g/mol. The summed E-state index contributed by atoms with van der Waals surface area (Å²) < 4.78 is 15.8. The highest BCUT2D eigenvalue weighted by Gasteiger charge is 2.32. The molecule has 0 aliphatic heterocycles. The number of rotatable bonds is 5. The van der Waals surface area contributed by atoms with Gasteiger partial charge in [-0.3, -0.25) is 0 Å². The molecule has 0 spiro atoms. The summed E-state index contributed by atoms with van der Waals surface area (Å²) in [4.78, 5) is 0. The van der Waals surface area contributed by atoms with Gasteiger partial charge in [0.25, 0.3) is 0 Å². The maximum Gasteiger partial charge on any atom is 0.126 e. The molecule has 0 heterocycles. The van der Waals surface area contributed by atoms with Crippen molar-refractivity contribution in [2.24, 2.45) is 0 Å². The Morgan fingerprint density at radius 1 is 0.952 bits per heavy atom. The fraction of sp³-hybridized carbons (Fsp3) is 0.250. The largest absolute Gasteiger partial charge is 0.207 e. The van der Waals surface area contributed by atoms with E-state index in [9.17, 15) is 4.39 Å². The van der Waals surface area contributed by atoms with Gasteiger partial charge in [0.1, 0.15) is 5.82 Å². The van der Waals surface area contributed by atoms with Gasteiger partial charge in [-0.15, -0.1) is 23.2 Å². The van der Waals surface area contributed by atoms with Crippen LogP contribution in [0.1, 0.15) is 11.1 Å². The van der Waals surface area contributed by atoms with Gasteiger partial charge in [-0.1, -0.05) is 44.0 Å². The van der Waals surface area contributed by atoms with Crippen LogP contribution in [-0.4, -0.2) is 11.8 Å². The average Bonchev–Trinajstić information content (AvgIpc) is 2.48. The molecule has 0 N–H and O–H groups in total. The minimum absolute atomic E-state index is 0.243. The Bertz CT molecular complexity index is 627. The van der Waals surface area contributed by atoms with E-state index in [1.807, 2.05) is 24.3 Å². The van der Waals surface area contributed by atoms with Crippen LogP contribution in [-0.2, 0) is 11.8 Å². The van der Waals surface area contributed by atoms with E-state index in [0.29, 0.717) is 23.7 Å². The normalized spacial score (nSPS) is 11.7. The third kappa shape index (κ3) is 4.01. The lowest BCUT2D eigenvalue weighted by Crippen LogP contribution is -2.33. The zero-order valence-corrected chi connectivity index (χ0v) is 15.7. The van der Waals surface area contributed by atoms with Gasteiger partial charge in [0.15, 0.2) is 0 Å². The van der Waals surface area contributed by atoms with Crippen LogP contribution in [0.3, 0.4) is 0 Å². The quantitative estimate of drug-likeness (QED) is 0.464. The van der Waals surface area contributed by atoms with Crippen LogP contribution in [0, 0.1) is 5.82 Å². The van der Waals surface area contributed by atoms with Crippen LogP contribution in [0.25, 0.3) is 0 Å². The second kappa shape index (κ2) is 7.45. The van der Waals surface area contributed by atoms with E-state index >= 15 is 0 Å². The molecule has 0 amide bonds. The molecule has 0 aliphatic rings. The highest BCUT2D eigenvalue weighted by molar-refractivity contribution is 9.10. The summed E-state index contributed by atoms with van der Waals surface area (Å²) in [7, 11) is 0. The number of halogens is 5. The van der Waals surface area contributed by atoms with Crippen LogP contribution in [0.4, 0.5) is 4.39 Å². The van der Waals surface area contributed by atoms with Crippen LogP contribution in [0.15, 0.2) is 51.4 Å². The first-order valence-corrected chi connectivity index (χ1v) is 8.98. The fourth-order valence-electron chi connectivity index (χ4n) is 2.25. The maximum absolute atomic E-state index is 14.1. The molecule has 0 fully saturated rings. The first kappa shape index (κ1) is 17.3. The Labute approximate surface area is 150 Å². The molecule has 0 bridgehead atoms. The van der Waals surface area contributed by atoms with Crippen LogP contribution in [0.5, 0.6) is 0 Å². The molecule has 0 saturated carbocycles. The van der Waals surface area contributed by atoms with E-state index in [2.05, 4.69) is 31.9 Å². The van der Waals surface area contributed by atoms with Gasteiger partial charge in [-0.05, 0) is 47.9 Å². The summed E-state index contributed by atoms with van der Waals surface area (Å²) in [6.45, 7) is 0. The van der Waals surface area contributed by atoms with Crippen molar-refractivity contribution < 1.29 is 4.39 Å². The van der Waals surface area contributed by atoms with Gasteiger partial charge in [0.05, 0.1) is 0 Å². The van der Waals surface area contributed by atoms with E-state index in [4.69, 9.17) is 23.2 Å². The van der Waals surface area contributed by atoms with Crippen molar-refractivity contribution in [2.75, 3.05) is 11.8 Å². The van der Waals surface area contributed by atoms with Crippen molar-refractivity contribution in [3.8, 4) is 0 Å². The molecule has 0 nitrogen and oxygen atoms in total. The van der Waals surface area contributed by atoms with E-state index in [-0.39, 0.29) is 5.82 Å². The van der Waals surface area contributed by atoms with E-state index in [1.165, 1.54) is 6.07 Å². The zero-order chi connectivity index (χ0) is 15.5. The van der Waals surface area contributed by atoms with E-state index < -0.39 is 5.41 Å². The Balaban J connectivity index is 2.45. The Morgan fingerprint density at radius 2 is 1.62 bits per heavy atom. The molecule has 2 rings (SSSR count). The highest BCUT2D eigenvalue weighted by Crippen LogP contribution is 2.34. The van der Waals surface area contributed by atoms with E-state index in [0.717, 1.165) is 14.5 Å². The lowest BCUT2D eigenvalue weighted by molar-refractivity contribution is 0.511. The Kier molecular flexibility index (Phi) is 6.13. The Hall–Kier alpha value is -0.0900. The summed E-state index contributed by atoms with van der Waals surface area (Å²) in [6.07, 6.45) is 0.446. The molecule has 0 aromatic heterocycles. The molecule has 0 aliphatic carbocycles. The van der Waals surface area contributed by atoms with Crippen molar-refractivity contribution in [2.45, 2.75) is 11.8 Å². The van der Waals surface area contributed by atoms with Gasteiger partial charge in [0.2, 0.25) is 0 Å². The van der Waals surface area contributed by atoms with Crippen LogP contribution < -0.4 is 0 Å². The predicted octanol–water partition coefficient (Wildman–Crippen LogP) is 6.31. The highest BCUT2D eigenvalue weighted by atomic mass is 79.9. The summed E-state index contributed by atoms with van der Waals surface area (Å²) >= 11 is 19.3. The van der Waals surface area contributed by atoms with Crippen molar-refractivity contribution in [1.82, 2.24) is 0 Å². The molecule has 5 heteroatoms. The number of benzene rings is 2. The minimum Gasteiger partial charge on any atom is -0.207 e. The molecular formula is C16H13Br2Cl2F. The zero-order valence-electron chi connectivity index (χ0n) is 11.1. The molecule has 0 radical (unpaired) electrons. The summed E-state index contributed by atoms with van der Waals surface area (Å²) in [5.41, 5.74) is 1.10. The smallest absolute Gasteiger partial charge is 0.126 e. The molecule has 0 saturated heterocycles. The second-order valence-corrected chi connectivity index (χ2v) is 7.34. The molecule has 112 valence electrons. The molecule has 2 aromatic carbocycles. The summed E-state index contributed by atoms with van der Waals surface area (Å²) in [5.74, 6) is 0.394. The first-order chi connectivity index (χ1) is 10.0. The van der Waals surface area contributed by atoms with E-state index in [1.54, 1.807) is 12.1 Å². The Morgan fingerprint density at radius 3 is 2.24 bits per heavy atom. The predicted molar refractivity (Wildman–Crippen MR) is 95.1 cm³/mol. The monoisotopic (exact) mass is 452 g/mol. The van der Waals surface area contributed by atoms with Crippen molar-refractivity contribution in [3.63, 3.8) is 0 Å². The topological polar surface area (TPSA) is 0 Å². The van der Waals surface area contributed by atoms with Crippen molar-refractivity contribution in [3.05, 3.63) is 68.4 Å². The number of hydrogen-bond donors (Lipinski definition) is 0. The molecular weight excluding hydrogens is 442 g/mol. The molecule has 2 aromatic rings.